The summed E-state index contributed by atoms with van der Waals surface area (Å²) >= 11 is 0. The molecule has 0 saturated carbocycles. The summed E-state index contributed by atoms with van der Waals surface area (Å²) in [6, 6.07) is 11.0. The summed E-state index contributed by atoms with van der Waals surface area (Å²) in [6.45, 7) is 4.09. The molecule has 0 aliphatic carbocycles. The highest BCUT2D eigenvalue weighted by atomic mass is 19.3. The fraction of sp³-hybridized carbons (Fsp3) is 0.375. The van der Waals surface area contributed by atoms with Crippen LogP contribution < -0.4 is 10.1 Å². The first-order chi connectivity index (χ1) is 15.8. The minimum absolute atomic E-state index is 0.110. The van der Waals surface area contributed by atoms with E-state index >= 15 is 0 Å². The van der Waals surface area contributed by atoms with Crippen molar-refractivity contribution in [3.05, 3.63) is 71.6 Å². The highest BCUT2D eigenvalue weighted by Gasteiger charge is 2.52. The van der Waals surface area contributed by atoms with Crippen LogP contribution in [0, 0.1) is 6.92 Å². The van der Waals surface area contributed by atoms with Gasteiger partial charge in [-0.1, -0.05) is 38.1 Å². The minimum atomic E-state index is -3.05. The largest absolute Gasteiger partial charge is 0.448 e. The second-order valence-corrected chi connectivity index (χ2v) is 8.53. The van der Waals surface area contributed by atoms with Crippen LogP contribution in [-0.4, -0.2) is 40.5 Å². The standard InChI is InChI=1S/C24H26F2N4O3/c1-15(2)17-6-4-5-7-18(17)24(13-30(14-24)12-20-27-10-11-32-20)22(31)29-19-9-8-16(3)28-21(19)33-23(25)26/h4-11,15,23H,12-14H2,1-3H3,(H,29,31). The van der Waals surface area contributed by atoms with Crippen molar-refractivity contribution in [2.24, 2.45) is 0 Å². The van der Waals surface area contributed by atoms with Gasteiger partial charge in [0, 0.05) is 18.8 Å². The molecule has 9 heteroatoms. The van der Waals surface area contributed by atoms with Crippen LogP contribution in [0.25, 0.3) is 0 Å². The van der Waals surface area contributed by atoms with Gasteiger partial charge in [0.2, 0.25) is 17.7 Å². The smallest absolute Gasteiger partial charge is 0.388 e. The van der Waals surface area contributed by atoms with E-state index in [9.17, 15) is 13.6 Å². The third kappa shape index (κ3) is 4.73. The lowest BCUT2D eigenvalue weighted by molar-refractivity contribution is -0.128. The van der Waals surface area contributed by atoms with E-state index in [1.54, 1.807) is 19.2 Å². The number of amides is 1. The van der Waals surface area contributed by atoms with Crippen molar-refractivity contribution in [1.29, 1.82) is 0 Å². The Hall–Kier alpha value is -3.33. The topological polar surface area (TPSA) is 80.5 Å². The van der Waals surface area contributed by atoms with Gasteiger partial charge in [-0.25, -0.2) is 9.97 Å². The van der Waals surface area contributed by atoms with Crippen LogP contribution in [0.3, 0.4) is 0 Å². The van der Waals surface area contributed by atoms with E-state index in [1.165, 1.54) is 12.3 Å². The Morgan fingerprint density at radius 3 is 2.67 bits per heavy atom. The summed E-state index contributed by atoms with van der Waals surface area (Å²) in [5.41, 5.74) is 1.72. The maximum atomic E-state index is 13.7. The average Bonchev–Trinajstić information content (AvgIpc) is 3.25. The molecular formula is C24H26F2N4O3. The predicted octanol–water partition coefficient (Wildman–Crippen LogP) is 4.50. The second-order valence-electron chi connectivity index (χ2n) is 8.53. The first kappa shape index (κ1) is 22.8. The van der Waals surface area contributed by atoms with Crippen LogP contribution >= 0.6 is 0 Å². The minimum Gasteiger partial charge on any atom is -0.448 e. The molecule has 3 heterocycles. The number of pyridine rings is 1. The first-order valence-corrected chi connectivity index (χ1v) is 10.7. The Kier molecular flexibility index (Phi) is 6.42. The molecule has 0 unspecified atom stereocenters. The number of nitrogens with one attached hydrogen (secondary N) is 1. The van der Waals surface area contributed by atoms with Gasteiger partial charge < -0.3 is 14.5 Å². The van der Waals surface area contributed by atoms with E-state index in [1.807, 2.05) is 24.3 Å². The summed E-state index contributed by atoms with van der Waals surface area (Å²) in [5, 5.41) is 2.80. The number of hydrogen-bond acceptors (Lipinski definition) is 6. The summed E-state index contributed by atoms with van der Waals surface area (Å²) < 4.78 is 35.8. The molecule has 1 N–H and O–H groups in total. The van der Waals surface area contributed by atoms with Crippen molar-refractivity contribution in [3.63, 3.8) is 0 Å². The number of benzene rings is 1. The molecule has 33 heavy (non-hydrogen) atoms. The molecule has 2 aromatic heterocycles. The van der Waals surface area contributed by atoms with E-state index in [-0.39, 0.29) is 23.4 Å². The Morgan fingerprint density at radius 1 is 1.24 bits per heavy atom. The van der Waals surface area contributed by atoms with Crippen LogP contribution in [-0.2, 0) is 16.8 Å². The predicted molar refractivity (Wildman–Crippen MR) is 118 cm³/mol. The molecule has 1 fully saturated rings. The van der Waals surface area contributed by atoms with Gasteiger partial charge in [0.05, 0.1) is 18.2 Å². The number of likely N-dealkylation sites (tertiary alicyclic amines) is 1. The molecule has 7 nitrogen and oxygen atoms in total. The molecule has 0 atom stereocenters. The lowest BCUT2D eigenvalue weighted by Gasteiger charge is -2.49. The number of anilines is 1. The van der Waals surface area contributed by atoms with Crippen LogP contribution in [0.1, 0.15) is 42.5 Å². The molecule has 0 bridgehead atoms. The zero-order valence-electron chi connectivity index (χ0n) is 18.7. The number of aryl methyl sites for hydroxylation is 1. The Labute approximate surface area is 190 Å². The van der Waals surface area contributed by atoms with Gasteiger partial charge in [-0.2, -0.15) is 8.78 Å². The van der Waals surface area contributed by atoms with Gasteiger partial charge in [0.1, 0.15) is 12.0 Å². The fourth-order valence-electron chi connectivity index (χ4n) is 4.27. The Balaban J connectivity index is 1.66. The van der Waals surface area contributed by atoms with Gasteiger partial charge in [0.25, 0.3) is 0 Å². The third-order valence-corrected chi connectivity index (χ3v) is 5.81. The van der Waals surface area contributed by atoms with Gasteiger partial charge in [-0.3, -0.25) is 9.69 Å². The Morgan fingerprint density at radius 2 is 2.00 bits per heavy atom. The zero-order chi connectivity index (χ0) is 23.6. The second kappa shape index (κ2) is 9.27. The van der Waals surface area contributed by atoms with Crippen molar-refractivity contribution in [3.8, 4) is 5.88 Å². The van der Waals surface area contributed by atoms with E-state index in [4.69, 9.17) is 4.42 Å². The summed E-state index contributed by atoms with van der Waals surface area (Å²) in [7, 11) is 0. The van der Waals surface area contributed by atoms with E-state index in [0.717, 1.165) is 11.1 Å². The summed E-state index contributed by atoms with van der Waals surface area (Å²) in [6.07, 6.45) is 3.09. The monoisotopic (exact) mass is 456 g/mol. The summed E-state index contributed by atoms with van der Waals surface area (Å²) in [4.78, 5) is 24.0. The number of oxazole rings is 1. The maximum absolute atomic E-state index is 13.7. The Bertz CT molecular complexity index is 1110. The van der Waals surface area contributed by atoms with Crippen LogP contribution in [0.5, 0.6) is 5.88 Å². The molecule has 0 spiro atoms. The van der Waals surface area contributed by atoms with Crippen molar-refractivity contribution < 1.29 is 22.7 Å². The van der Waals surface area contributed by atoms with Crippen molar-refractivity contribution in [1.82, 2.24) is 14.9 Å². The van der Waals surface area contributed by atoms with Crippen molar-refractivity contribution in [2.45, 2.75) is 45.3 Å². The number of ether oxygens (including phenoxy) is 1. The molecule has 1 aliphatic rings. The number of nitrogens with zero attached hydrogens (tertiary/aromatic N) is 3. The highest BCUT2D eigenvalue weighted by Crippen LogP contribution is 2.41. The molecule has 0 radical (unpaired) electrons. The molecular weight excluding hydrogens is 430 g/mol. The van der Waals surface area contributed by atoms with Gasteiger partial charge >= 0.3 is 6.61 Å². The number of carbonyl (C=O) groups excluding carboxylic acids is 1. The summed E-state index contributed by atoms with van der Waals surface area (Å²) in [5.74, 6) is 0.160. The van der Waals surface area contributed by atoms with Crippen molar-refractivity contribution >= 4 is 11.6 Å². The van der Waals surface area contributed by atoms with Crippen LogP contribution in [0.2, 0.25) is 0 Å². The normalized spacial score (nSPS) is 15.5. The lowest BCUT2D eigenvalue weighted by Crippen LogP contribution is -2.64. The lowest BCUT2D eigenvalue weighted by atomic mass is 9.69. The van der Waals surface area contributed by atoms with Gasteiger partial charge in [0.15, 0.2) is 0 Å². The highest BCUT2D eigenvalue weighted by molar-refractivity contribution is 6.01. The first-order valence-electron chi connectivity index (χ1n) is 10.7. The number of alkyl halides is 2. The van der Waals surface area contributed by atoms with Gasteiger partial charge in [-0.05, 0) is 36.1 Å². The maximum Gasteiger partial charge on any atom is 0.388 e. The number of rotatable bonds is 8. The molecule has 1 saturated heterocycles. The van der Waals surface area contributed by atoms with Crippen molar-refractivity contribution in [2.75, 3.05) is 18.4 Å². The molecule has 1 aromatic carbocycles. The SMILES string of the molecule is Cc1ccc(NC(=O)C2(c3ccccc3C(C)C)CN(Cc3ncco3)C2)c(OC(F)F)n1. The molecule has 3 aromatic rings. The average molecular weight is 456 g/mol. The van der Waals surface area contributed by atoms with Crippen LogP contribution in [0.4, 0.5) is 14.5 Å². The number of hydrogen-bond donors (Lipinski definition) is 1. The number of aromatic nitrogens is 2. The number of carbonyl (C=O) groups is 1. The molecule has 1 amide bonds. The molecule has 4 rings (SSSR count). The van der Waals surface area contributed by atoms with Gasteiger partial charge in [-0.15, -0.1) is 0 Å². The molecule has 1 aliphatic heterocycles. The fourth-order valence-corrected chi connectivity index (χ4v) is 4.27. The zero-order valence-corrected chi connectivity index (χ0v) is 18.7. The quantitative estimate of drug-likeness (QED) is 0.538. The van der Waals surface area contributed by atoms with E-state index in [0.29, 0.717) is 31.2 Å². The van der Waals surface area contributed by atoms with Crippen LogP contribution in [0.15, 0.2) is 53.3 Å². The number of halogens is 2. The van der Waals surface area contributed by atoms with E-state index < -0.39 is 12.0 Å². The molecule has 174 valence electrons. The van der Waals surface area contributed by atoms with E-state index in [2.05, 4.69) is 38.8 Å². The third-order valence-electron chi connectivity index (χ3n) is 5.81.